The number of rotatable bonds is 4. The monoisotopic (exact) mass is 364 g/mol. The zero-order chi connectivity index (χ0) is 19.9. The molecule has 1 N–H and O–H groups in total. The van der Waals surface area contributed by atoms with Crippen molar-refractivity contribution in [3.05, 3.63) is 69.8 Å². The zero-order valence-electron chi connectivity index (χ0n) is 16.3. The fourth-order valence-electron chi connectivity index (χ4n) is 3.98. The van der Waals surface area contributed by atoms with Gasteiger partial charge in [0.15, 0.2) is 5.78 Å². The van der Waals surface area contributed by atoms with Crippen LogP contribution >= 0.6 is 0 Å². The van der Waals surface area contributed by atoms with E-state index in [0.717, 1.165) is 27.8 Å². The molecule has 5 heteroatoms. The Morgan fingerprint density at radius 3 is 2.30 bits per heavy atom. The van der Waals surface area contributed by atoms with E-state index in [1.807, 2.05) is 57.2 Å². The second-order valence-electron chi connectivity index (χ2n) is 7.36. The molecule has 1 aliphatic heterocycles. The Hall–Kier alpha value is -2.95. The number of aryl methyl sites for hydroxylation is 2. The van der Waals surface area contributed by atoms with Gasteiger partial charge in [0.25, 0.3) is 5.91 Å². The quantitative estimate of drug-likeness (QED) is 0.663. The number of nitrogens with one attached hydrogen (secondary N) is 1. The van der Waals surface area contributed by atoms with Crippen molar-refractivity contribution >= 4 is 17.7 Å². The van der Waals surface area contributed by atoms with E-state index in [9.17, 15) is 14.4 Å². The predicted octanol–water partition coefficient (Wildman–Crippen LogP) is 3.78. The van der Waals surface area contributed by atoms with Gasteiger partial charge in [0, 0.05) is 5.56 Å². The maximum absolute atomic E-state index is 13.1. The molecule has 2 aromatic carbocycles. The van der Waals surface area contributed by atoms with Crippen molar-refractivity contribution < 1.29 is 14.4 Å². The largest absolute Gasteiger partial charge is 0.325 e. The molecule has 1 saturated heterocycles. The molecule has 3 amide bonds. The fourth-order valence-corrected chi connectivity index (χ4v) is 3.98. The van der Waals surface area contributed by atoms with E-state index in [2.05, 4.69) is 5.32 Å². The van der Waals surface area contributed by atoms with E-state index in [0.29, 0.717) is 5.56 Å². The third-order valence-corrected chi connectivity index (χ3v) is 5.43. The Kier molecular flexibility index (Phi) is 4.64. The first-order chi connectivity index (χ1) is 12.7. The second kappa shape index (κ2) is 6.65. The molecule has 1 atom stereocenters. The second-order valence-corrected chi connectivity index (χ2v) is 7.36. The number of Topliss-reactive ketones (excluding diaryl/α,β-unsaturated/α-hetero) is 1. The number of carbonyl (C=O) groups is 3. The van der Waals surface area contributed by atoms with Crippen LogP contribution in [0.25, 0.3) is 0 Å². The molecular weight excluding hydrogens is 340 g/mol. The minimum Gasteiger partial charge on any atom is -0.319 e. The van der Waals surface area contributed by atoms with Crippen LogP contribution in [0.15, 0.2) is 36.4 Å². The highest BCUT2D eigenvalue weighted by atomic mass is 16.2. The first-order valence-corrected chi connectivity index (χ1v) is 8.97. The van der Waals surface area contributed by atoms with Crippen molar-refractivity contribution in [1.29, 1.82) is 0 Å². The van der Waals surface area contributed by atoms with E-state index in [1.54, 1.807) is 6.92 Å². The molecule has 0 spiro atoms. The molecule has 3 rings (SSSR count). The van der Waals surface area contributed by atoms with Gasteiger partial charge < -0.3 is 5.32 Å². The number of hydrogen-bond donors (Lipinski definition) is 1. The Morgan fingerprint density at radius 2 is 1.70 bits per heavy atom. The van der Waals surface area contributed by atoms with Crippen molar-refractivity contribution in [2.45, 2.75) is 46.7 Å². The van der Waals surface area contributed by atoms with Crippen LogP contribution < -0.4 is 5.32 Å². The third-order valence-electron chi connectivity index (χ3n) is 5.43. The van der Waals surface area contributed by atoms with Gasteiger partial charge in [0.1, 0.15) is 5.54 Å². The van der Waals surface area contributed by atoms with Crippen LogP contribution in [0.3, 0.4) is 0 Å². The van der Waals surface area contributed by atoms with Crippen LogP contribution in [-0.4, -0.2) is 22.6 Å². The van der Waals surface area contributed by atoms with Crippen LogP contribution in [0.5, 0.6) is 0 Å². The van der Waals surface area contributed by atoms with Gasteiger partial charge in [0.2, 0.25) is 0 Å². The number of ketones is 1. The summed E-state index contributed by atoms with van der Waals surface area (Å²) in [5.74, 6) is -0.306. The van der Waals surface area contributed by atoms with Crippen molar-refractivity contribution in [3.63, 3.8) is 0 Å². The number of carbonyl (C=O) groups excluding carboxylic acids is 3. The smallest absolute Gasteiger partial charge is 0.319 e. The lowest BCUT2D eigenvalue weighted by atomic mass is 9.90. The molecule has 140 valence electrons. The van der Waals surface area contributed by atoms with Crippen LogP contribution in [-0.2, 0) is 16.9 Å². The van der Waals surface area contributed by atoms with Crippen LogP contribution in [0, 0.1) is 20.8 Å². The molecule has 1 unspecified atom stereocenters. The number of imide groups is 1. The van der Waals surface area contributed by atoms with Gasteiger partial charge in [0.05, 0.1) is 6.54 Å². The Labute approximate surface area is 159 Å². The van der Waals surface area contributed by atoms with Gasteiger partial charge in [-0.3, -0.25) is 14.5 Å². The van der Waals surface area contributed by atoms with Gasteiger partial charge in [-0.25, -0.2) is 4.79 Å². The number of nitrogens with zero attached hydrogens (tertiary/aromatic N) is 1. The predicted molar refractivity (Wildman–Crippen MR) is 104 cm³/mol. The van der Waals surface area contributed by atoms with Crippen molar-refractivity contribution in [1.82, 2.24) is 10.2 Å². The summed E-state index contributed by atoms with van der Waals surface area (Å²) in [6.07, 6.45) is 0. The third kappa shape index (κ3) is 3.03. The maximum Gasteiger partial charge on any atom is 0.325 e. The van der Waals surface area contributed by atoms with Crippen LogP contribution in [0.4, 0.5) is 4.79 Å². The summed E-state index contributed by atoms with van der Waals surface area (Å²) < 4.78 is 0. The van der Waals surface area contributed by atoms with Gasteiger partial charge >= 0.3 is 6.03 Å². The van der Waals surface area contributed by atoms with E-state index >= 15 is 0 Å². The summed E-state index contributed by atoms with van der Waals surface area (Å²) in [4.78, 5) is 39.0. The van der Waals surface area contributed by atoms with E-state index in [4.69, 9.17) is 0 Å². The lowest BCUT2D eigenvalue weighted by Crippen LogP contribution is -2.40. The lowest BCUT2D eigenvalue weighted by molar-refractivity contribution is -0.131. The summed E-state index contributed by atoms with van der Waals surface area (Å²) in [6.45, 7) is 9.12. The summed E-state index contributed by atoms with van der Waals surface area (Å²) >= 11 is 0. The molecule has 2 aromatic rings. The van der Waals surface area contributed by atoms with Crippen LogP contribution in [0.2, 0.25) is 0 Å². The minimum absolute atomic E-state index is 0.0161. The molecule has 27 heavy (non-hydrogen) atoms. The normalized spacial score (nSPS) is 19.4. The number of benzene rings is 2. The Balaban J connectivity index is 2.00. The number of hydrogen-bond acceptors (Lipinski definition) is 3. The van der Waals surface area contributed by atoms with E-state index in [-0.39, 0.29) is 18.2 Å². The van der Waals surface area contributed by atoms with Crippen molar-refractivity contribution in [2.75, 3.05) is 0 Å². The first-order valence-electron chi connectivity index (χ1n) is 8.97. The Bertz CT molecular complexity index is 950. The van der Waals surface area contributed by atoms with Gasteiger partial charge in [-0.1, -0.05) is 36.4 Å². The molecule has 5 nitrogen and oxygen atoms in total. The lowest BCUT2D eigenvalue weighted by Gasteiger charge is -2.23. The van der Waals surface area contributed by atoms with Crippen molar-refractivity contribution in [3.8, 4) is 0 Å². The van der Waals surface area contributed by atoms with E-state index in [1.165, 1.54) is 11.8 Å². The molecule has 0 aromatic heterocycles. The SMILES string of the molecule is CC(=O)c1c(C)cc(C)c(CN2C(=O)NC(C)(c3ccccc3)C2=O)c1C. The molecule has 1 fully saturated rings. The number of amides is 3. The van der Waals surface area contributed by atoms with Gasteiger partial charge in [-0.15, -0.1) is 0 Å². The van der Waals surface area contributed by atoms with Crippen molar-refractivity contribution in [2.24, 2.45) is 0 Å². The molecule has 0 aliphatic carbocycles. The minimum atomic E-state index is -1.09. The highest BCUT2D eigenvalue weighted by Gasteiger charge is 2.49. The van der Waals surface area contributed by atoms with Gasteiger partial charge in [-0.2, -0.15) is 0 Å². The molecule has 0 saturated carbocycles. The summed E-state index contributed by atoms with van der Waals surface area (Å²) in [6, 6.07) is 10.7. The highest BCUT2D eigenvalue weighted by Crippen LogP contribution is 2.31. The van der Waals surface area contributed by atoms with Gasteiger partial charge in [-0.05, 0) is 62.4 Å². The average molecular weight is 364 g/mol. The molecule has 0 bridgehead atoms. The molecule has 0 radical (unpaired) electrons. The average Bonchev–Trinajstić information content (AvgIpc) is 2.82. The summed E-state index contributed by atoms with van der Waals surface area (Å²) in [5, 5.41) is 2.82. The maximum atomic E-state index is 13.1. The van der Waals surface area contributed by atoms with Crippen LogP contribution in [0.1, 0.15) is 52.0 Å². The summed E-state index contributed by atoms with van der Waals surface area (Å²) in [7, 11) is 0. The Morgan fingerprint density at radius 1 is 1.07 bits per heavy atom. The number of urea groups is 1. The fraction of sp³-hybridized carbons (Fsp3) is 0.318. The molecule has 1 aliphatic rings. The summed E-state index contributed by atoms with van der Waals surface area (Å²) in [5.41, 5.74) is 3.85. The molecular formula is C22H24N2O3. The first kappa shape index (κ1) is 18.8. The zero-order valence-corrected chi connectivity index (χ0v) is 16.3. The van der Waals surface area contributed by atoms with E-state index < -0.39 is 11.6 Å². The topological polar surface area (TPSA) is 66.5 Å². The standard InChI is InChI=1S/C22H24N2O3/c1-13-11-14(2)19(16(4)25)15(3)18(13)12-24-20(26)22(5,23-21(24)27)17-9-7-6-8-10-17/h6-11H,12H2,1-5H3,(H,23,27). The molecule has 1 heterocycles. The highest BCUT2D eigenvalue weighted by molar-refractivity contribution is 6.07.